The highest BCUT2D eigenvalue weighted by Gasteiger charge is 2.16. The molecule has 0 fully saturated rings. The van der Waals surface area contributed by atoms with Crippen molar-refractivity contribution in [2.75, 3.05) is 0 Å². The van der Waals surface area contributed by atoms with E-state index in [2.05, 4.69) is 43.6 Å². The van der Waals surface area contributed by atoms with Gasteiger partial charge in [-0.2, -0.15) is 0 Å². The maximum absolute atomic E-state index is 3.86. The van der Waals surface area contributed by atoms with E-state index < -0.39 is 0 Å². The average molecular weight is 164 g/mol. The molecular weight excluding hydrogens is 152 g/mol. The summed E-state index contributed by atoms with van der Waals surface area (Å²) < 4.78 is 0.201. The first-order chi connectivity index (χ1) is 2.94. The molecule has 1 radical (unpaired) electrons. The van der Waals surface area contributed by atoms with E-state index in [1.54, 1.807) is 0 Å². The van der Waals surface area contributed by atoms with E-state index in [9.17, 15) is 0 Å². The van der Waals surface area contributed by atoms with Gasteiger partial charge in [-0.3, -0.25) is 0 Å². The SMILES string of the molecule is [CH2]C(C)C(C)(C)Br. The smallest absolute Gasteiger partial charge is 0.0227 e. The molecule has 0 aromatic carbocycles. The summed E-state index contributed by atoms with van der Waals surface area (Å²) in [6, 6.07) is 0. The summed E-state index contributed by atoms with van der Waals surface area (Å²) in [6.07, 6.45) is 0. The second-order valence-electron chi connectivity index (χ2n) is 2.47. The van der Waals surface area contributed by atoms with E-state index >= 15 is 0 Å². The summed E-state index contributed by atoms with van der Waals surface area (Å²) in [5.74, 6) is 0.465. The Morgan fingerprint density at radius 2 is 1.71 bits per heavy atom. The van der Waals surface area contributed by atoms with Crippen LogP contribution in [-0.4, -0.2) is 4.32 Å². The molecule has 0 bridgehead atoms. The van der Waals surface area contributed by atoms with Gasteiger partial charge in [-0.25, -0.2) is 0 Å². The van der Waals surface area contributed by atoms with Crippen molar-refractivity contribution in [3.63, 3.8) is 0 Å². The van der Waals surface area contributed by atoms with Crippen LogP contribution >= 0.6 is 15.9 Å². The Labute approximate surface area is 54.4 Å². The second-order valence-corrected chi connectivity index (χ2v) is 4.51. The molecule has 0 nitrogen and oxygen atoms in total. The van der Waals surface area contributed by atoms with Crippen molar-refractivity contribution in [3.8, 4) is 0 Å². The van der Waals surface area contributed by atoms with Gasteiger partial charge < -0.3 is 0 Å². The van der Waals surface area contributed by atoms with Gasteiger partial charge in [-0.15, -0.1) is 0 Å². The molecule has 0 aliphatic heterocycles. The number of halogens is 1. The van der Waals surface area contributed by atoms with Crippen molar-refractivity contribution in [3.05, 3.63) is 6.92 Å². The summed E-state index contributed by atoms with van der Waals surface area (Å²) in [5, 5.41) is 0. The molecule has 1 heteroatoms. The fraction of sp³-hybridized carbons (Fsp3) is 0.833. The Kier molecular flexibility index (Phi) is 2.31. The first-order valence-electron chi connectivity index (χ1n) is 2.46. The highest BCUT2D eigenvalue weighted by atomic mass is 79.9. The molecule has 0 aromatic rings. The maximum atomic E-state index is 3.86. The maximum Gasteiger partial charge on any atom is 0.0227 e. The zero-order valence-corrected chi connectivity index (χ0v) is 6.75. The van der Waals surface area contributed by atoms with E-state index in [-0.39, 0.29) is 4.32 Å². The van der Waals surface area contributed by atoms with E-state index in [0.717, 1.165) is 0 Å². The van der Waals surface area contributed by atoms with Crippen molar-refractivity contribution in [1.29, 1.82) is 0 Å². The van der Waals surface area contributed by atoms with Crippen LogP contribution in [0.15, 0.2) is 0 Å². The second kappa shape index (κ2) is 2.17. The van der Waals surface area contributed by atoms with Crippen LogP contribution < -0.4 is 0 Å². The van der Waals surface area contributed by atoms with E-state index in [1.807, 2.05) is 0 Å². The third-order valence-electron chi connectivity index (χ3n) is 1.17. The van der Waals surface area contributed by atoms with Gasteiger partial charge in [0.05, 0.1) is 0 Å². The van der Waals surface area contributed by atoms with Crippen molar-refractivity contribution >= 4 is 15.9 Å². The molecule has 0 saturated heterocycles. The quantitative estimate of drug-likeness (QED) is 0.522. The molecule has 1 atom stereocenters. The minimum atomic E-state index is 0.201. The van der Waals surface area contributed by atoms with Gasteiger partial charge in [0.15, 0.2) is 0 Å². The van der Waals surface area contributed by atoms with Crippen LogP contribution in [0.5, 0.6) is 0 Å². The van der Waals surface area contributed by atoms with Crippen molar-refractivity contribution in [1.82, 2.24) is 0 Å². The van der Waals surface area contributed by atoms with Gasteiger partial charge in [0.25, 0.3) is 0 Å². The van der Waals surface area contributed by atoms with Crippen LogP contribution in [0, 0.1) is 12.8 Å². The molecule has 0 aromatic heterocycles. The number of rotatable bonds is 1. The molecule has 0 saturated carbocycles. The van der Waals surface area contributed by atoms with Crippen molar-refractivity contribution < 1.29 is 0 Å². The predicted octanol–water partition coefficient (Wildman–Crippen LogP) is 2.63. The van der Waals surface area contributed by atoms with Crippen LogP contribution in [0.2, 0.25) is 0 Å². The molecule has 1 unspecified atom stereocenters. The third-order valence-corrected chi connectivity index (χ3v) is 1.95. The minimum Gasteiger partial charge on any atom is -0.0856 e. The molecule has 0 amide bonds. The van der Waals surface area contributed by atoms with Crippen molar-refractivity contribution in [2.24, 2.45) is 5.92 Å². The largest absolute Gasteiger partial charge is 0.0856 e. The van der Waals surface area contributed by atoms with Crippen LogP contribution in [0.1, 0.15) is 20.8 Å². The van der Waals surface area contributed by atoms with Crippen molar-refractivity contribution in [2.45, 2.75) is 25.1 Å². The van der Waals surface area contributed by atoms with Crippen LogP contribution in [0.4, 0.5) is 0 Å². The van der Waals surface area contributed by atoms with E-state index in [1.165, 1.54) is 0 Å². The van der Waals surface area contributed by atoms with E-state index in [4.69, 9.17) is 0 Å². The molecule has 0 spiro atoms. The summed E-state index contributed by atoms with van der Waals surface area (Å²) in [5.41, 5.74) is 0. The summed E-state index contributed by atoms with van der Waals surface area (Å²) in [4.78, 5) is 0. The monoisotopic (exact) mass is 163 g/mol. The molecule has 0 rings (SSSR count). The number of hydrogen-bond donors (Lipinski definition) is 0. The molecule has 0 aliphatic carbocycles. The fourth-order valence-electron chi connectivity index (χ4n) is 0. The van der Waals surface area contributed by atoms with Crippen LogP contribution in [0.3, 0.4) is 0 Å². The lowest BCUT2D eigenvalue weighted by molar-refractivity contribution is 0.564. The topological polar surface area (TPSA) is 0 Å². The Hall–Kier alpha value is 0.480. The predicted molar refractivity (Wildman–Crippen MR) is 37.5 cm³/mol. The zero-order valence-electron chi connectivity index (χ0n) is 5.16. The zero-order chi connectivity index (χ0) is 6.08. The Balaban J connectivity index is 3.54. The molecule has 0 N–H and O–H groups in total. The standard InChI is InChI=1S/C6H12Br/c1-5(2)6(3,4)7/h5H,1H2,2-4H3. The highest BCUT2D eigenvalue weighted by molar-refractivity contribution is 9.10. The lowest BCUT2D eigenvalue weighted by Crippen LogP contribution is -2.17. The molecule has 0 aliphatic rings. The van der Waals surface area contributed by atoms with Gasteiger partial charge in [0.2, 0.25) is 0 Å². The van der Waals surface area contributed by atoms with E-state index in [0.29, 0.717) is 5.92 Å². The molecule has 43 valence electrons. The van der Waals surface area contributed by atoms with Gasteiger partial charge in [-0.1, -0.05) is 22.9 Å². The number of hydrogen-bond acceptors (Lipinski definition) is 0. The first-order valence-corrected chi connectivity index (χ1v) is 3.26. The van der Waals surface area contributed by atoms with Gasteiger partial charge in [0, 0.05) is 4.32 Å². The lowest BCUT2D eigenvalue weighted by Gasteiger charge is -2.19. The Morgan fingerprint density at radius 3 is 1.71 bits per heavy atom. The van der Waals surface area contributed by atoms with Crippen LogP contribution in [-0.2, 0) is 0 Å². The average Bonchev–Trinajstić information content (AvgIpc) is 1.31. The highest BCUT2D eigenvalue weighted by Crippen LogP contribution is 2.24. The van der Waals surface area contributed by atoms with Crippen LogP contribution in [0.25, 0.3) is 0 Å². The summed E-state index contributed by atoms with van der Waals surface area (Å²) in [6.45, 7) is 10.2. The first kappa shape index (κ1) is 7.48. The molecule has 0 heterocycles. The Morgan fingerprint density at radius 1 is 1.57 bits per heavy atom. The number of alkyl halides is 1. The Bertz CT molecular complexity index is 49.7. The fourth-order valence-corrected chi connectivity index (χ4v) is 0. The summed E-state index contributed by atoms with van der Waals surface area (Å²) >= 11 is 3.48. The minimum absolute atomic E-state index is 0.201. The lowest BCUT2D eigenvalue weighted by atomic mass is 10.0. The molecule has 7 heavy (non-hydrogen) atoms. The summed E-state index contributed by atoms with van der Waals surface area (Å²) in [7, 11) is 0. The third kappa shape index (κ3) is 3.10. The van der Waals surface area contributed by atoms with Gasteiger partial charge in [-0.05, 0) is 26.7 Å². The molecular formula is C6H12Br. The normalized spacial score (nSPS) is 12.9. The van der Waals surface area contributed by atoms with Gasteiger partial charge in [0.1, 0.15) is 0 Å². The van der Waals surface area contributed by atoms with Gasteiger partial charge >= 0.3 is 0 Å².